The minimum atomic E-state index is -0.973. The lowest BCUT2D eigenvalue weighted by molar-refractivity contribution is -0.384. The first-order valence-electron chi connectivity index (χ1n) is 7.45. The number of hydrogen-bond donors (Lipinski definition) is 1. The second kappa shape index (κ2) is 6.89. The largest absolute Gasteiger partial charge is 0.465 e. The van der Waals surface area contributed by atoms with Crippen LogP contribution in [-0.2, 0) is 0 Å². The van der Waals surface area contributed by atoms with Crippen molar-refractivity contribution in [3.8, 4) is 11.3 Å². The number of anilines is 1. The summed E-state index contributed by atoms with van der Waals surface area (Å²) in [5.41, 5.74) is 0.942. The Bertz CT molecular complexity index is 823. The summed E-state index contributed by atoms with van der Waals surface area (Å²) in [5.74, 6) is 0.433. The maximum atomic E-state index is 11.3. The van der Waals surface area contributed by atoms with Crippen LogP contribution in [0, 0.1) is 10.1 Å². The minimum absolute atomic E-state index is 0.0893. The fourth-order valence-corrected chi connectivity index (χ4v) is 2.78. The van der Waals surface area contributed by atoms with E-state index in [1.807, 2.05) is 4.90 Å². The van der Waals surface area contributed by atoms with Gasteiger partial charge in [0, 0.05) is 44.0 Å². The van der Waals surface area contributed by atoms with Crippen LogP contribution in [0.1, 0.15) is 0 Å². The molecular formula is C15H14ClN5O4. The van der Waals surface area contributed by atoms with E-state index in [4.69, 9.17) is 16.7 Å². The summed E-state index contributed by atoms with van der Waals surface area (Å²) >= 11 is 5.89. The Hall–Kier alpha value is -2.94. The summed E-state index contributed by atoms with van der Waals surface area (Å²) in [6.07, 6.45) is 0.530. The smallest absolute Gasteiger partial charge is 0.407 e. The molecule has 2 aromatic heterocycles. The number of pyridine rings is 2. The monoisotopic (exact) mass is 363 g/mol. The average Bonchev–Trinajstić information content (AvgIpc) is 2.61. The number of nitro groups is 1. The van der Waals surface area contributed by atoms with Crippen LogP contribution in [0.2, 0.25) is 5.15 Å². The normalized spacial score (nSPS) is 14.4. The van der Waals surface area contributed by atoms with E-state index in [1.165, 1.54) is 23.2 Å². The molecule has 1 aliphatic heterocycles. The summed E-state index contributed by atoms with van der Waals surface area (Å²) in [6.45, 7) is 1.46. The van der Waals surface area contributed by atoms with Gasteiger partial charge in [0.1, 0.15) is 11.0 Å². The maximum Gasteiger partial charge on any atom is 0.407 e. The van der Waals surface area contributed by atoms with Gasteiger partial charge in [-0.15, -0.1) is 0 Å². The van der Waals surface area contributed by atoms with Crippen LogP contribution < -0.4 is 4.90 Å². The Balaban J connectivity index is 1.94. The number of hydrogen-bond acceptors (Lipinski definition) is 6. The van der Waals surface area contributed by atoms with Gasteiger partial charge in [-0.3, -0.25) is 10.1 Å². The van der Waals surface area contributed by atoms with E-state index in [1.54, 1.807) is 12.1 Å². The first-order chi connectivity index (χ1) is 11.9. The Morgan fingerprint density at radius 3 is 2.56 bits per heavy atom. The quantitative estimate of drug-likeness (QED) is 0.506. The highest BCUT2D eigenvalue weighted by Crippen LogP contribution is 2.28. The van der Waals surface area contributed by atoms with Crippen molar-refractivity contribution in [2.75, 3.05) is 31.1 Å². The summed E-state index contributed by atoms with van der Waals surface area (Å²) in [7, 11) is 0. The van der Waals surface area contributed by atoms with E-state index in [9.17, 15) is 14.9 Å². The molecule has 0 aromatic carbocycles. The third-order valence-electron chi connectivity index (χ3n) is 3.90. The molecule has 1 amide bonds. The van der Waals surface area contributed by atoms with E-state index in [0.29, 0.717) is 43.3 Å². The van der Waals surface area contributed by atoms with Gasteiger partial charge in [0.2, 0.25) is 0 Å². The second-order valence-corrected chi connectivity index (χ2v) is 5.84. The highest BCUT2D eigenvalue weighted by Gasteiger charge is 2.23. The van der Waals surface area contributed by atoms with Gasteiger partial charge >= 0.3 is 6.09 Å². The number of aromatic nitrogens is 2. The predicted molar refractivity (Wildman–Crippen MR) is 90.9 cm³/mol. The van der Waals surface area contributed by atoms with Crippen molar-refractivity contribution in [1.29, 1.82) is 0 Å². The first kappa shape index (κ1) is 16.9. The van der Waals surface area contributed by atoms with Crippen molar-refractivity contribution < 1.29 is 14.8 Å². The second-order valence-electron chi connectivity index (χ2n) is 5.45. The van der Waals surface area contributed by atoms with Gasteiger partial charge in [0.05, 0.1) is 16.7 Å². The number of amides is 1. The third kappa shape index (κ3) is 3.77. The van der Waals surface area contributed by atoms with Crippen LogP contribution in [0.5, 0.6) is 0 Å². The van der Waals surface area contributed by atoms with Gasteiger partial charge in [0.15, 0.2) is 0 Å². The molecule has 1 aliphatic rings. The van der Waals surface area contributed by atoms with Gasteiger partial charge < -0.3 is 14.9 Å². The molecule has 0 spiro atoms. The van der Waals surface area contributed by atoms with Crippen molar-refractivity contribution in [3.05, 3.63) is 45.7 Å². The van der Waals surface area contributed by atoms with Crippen molar-refractivity contribution in [1.82, 2.24) is 14.9 Å². The van der Waals surface area contributed by atoms with Crippen LogP contribution in [0.4, 0.5) is 16.3 Å². The molecule has 0 saturated carbocycles. The molecule has 10 heteroatoms. The fourth-order valence-electron chi connectivity index (χ4n) is 2.61. The van der Waals surface area contributed by atoms with E-state index < -0.39 is 11.0 Å². The van der Waals surface area contributed by atoms with Crippen molar-refractivity contribution >= 4 is 29.2 Å². The Morgan fingerprint density at radius 1 is 1.24 bits per heavy atom. The zero-order valence-corrected chi connectivity index (χ0v) is 13.8. The molecule has 0 atom stereocenters. The van der Waals surface area contributed by atoms with Crippen LogP contribution in [0.15, 0.2) is 30.5 Å². The average molecular weight is 364 g/mol. The summed E-state index contributed by atoms with van der Waals surface area (Å²) in [4.78, 5) is 33.3. The number of piperazine rings is 1. The predicted octanol–water partition coefficient (Wildman–Crippen LogP) is 2.51. The molecule has 1 N–H and O–H groups in total. The number of carboxylic acid groups (broad SMARTS) is 1. The van der Waals surface area contributed by atoms with Gasteiger partial charge in [-0.1, -0.05) is 11.6 Å². The number of carbonyl (C=O) groups is 1. The summed E-state index contributed by atoms with van der Waals surface area (Å²) in [5, 5.41) is 20.5. The van der Waals surface area contributed by atoms with E-state index in [2.05, 4.69) is 9.97 Å². The van der Waals surface area contributed by atoms with Gasteiger partial charge in [-0.05, 0) is 12.1 Å². The molecular weight excluding hydrogens is 350 g/mol. The molecule has 0 bridgehead atoms. The van der Waals surface area contributed by atoms with Crippen molar-refractivity contribution in [2.24, 2.45) is 0 Å². The highest BCUT2D eigenvalue weighted by atomic mass is 35.5. The molecule has 0 unspecified atom stereocenters. The van der Waals surface area contributed by atoms with E-state index in [-0.39, 0.29) is 10.8 Å². The topological polar surface area (TPSA) is 113 Å². The molecule has 1 saturated heterocycles. The minimum Gasteiger partial charge on any atom is -0.465 e. The Labute approximate surface area is 147 Å². The molecule has 0 radical (unpaired) electrons. The van der Waals surface area contributed by atoms with Gasteiger partial charge in [-0.2, -0.15) is 0 Å². The number of halogens is 1. The Morgan fingerprint density at radius 2 is 1.96 bits per heavy atom. The zero-order chi connectivity index (χ0) is 18.0. The lowest BCUT2D eigenvalue weighted by Crippen LogP contribution is -2.48. The van der Waals surface area contributed by atoms with E-state index >= 15 is 0 Å². The number of nitrogens with zero attached hydrogens (tertiary/aromatic N) is 5. The van der Waals surface area contributed by atoms with Crippen LogP contribution in [0.3, 0.4) is 0 Å². The highest BCUT2D eigenvalue weighted by molar-refractivity contribution is 6.29. The number of rotatable bonds is 3. The van der Waals surface area contributed by atoms with Gasteiger partial charge in [0.25, 0.3) is 5.69 Å². The molecule has 2 aromatic rings. The van der Waals surface area contributed by atoms with Crippen molar-refractivity contribution in [2.45, 2.75) is 0 Å². The SMILES string of the molecule is O=C(O)N1CCN(c2cc([N+](=O)[O-])cc(-c3ccnc(Cl)c3)n2)CC1. The Kier molecular flexibility index (Phi) is 4.66. The van der Waals surface area contributed by atoms with Crippen LogP contribution in [0.25, 0.3) is 11.3 Å². The van der Waals surface area contributed by atoms with Crippen molar-refractivity contribution in [3.63, 3.8) is 0 Å². The fraction of sp³-hybridized carbons (Fsp3) is 0.267. The molecule has 3 rings (SSSR count). The maximum absolute atomic E-state index is 11.3. The van der Waals surface area contributed by atoms with E-state index in [0.717, 1.165) is 0 Å². The zero-order valence-electron chi connectivity index (χ0n) is 13.0. The molecule has 25 heavy (non-hydrogen) atoms. The molecule has 1 fully saturated rings. The van der Waals surface area contributed by atoms with Gasteiger partial charge in [-0.25, -0.2) is 14.8 Å². The first-order valence-corrected chi connectivity index (χ1v) is 7.83. The molecule has 0 aliphatic carbocycles. The molecule has 9 nitrogen and oxygen atoms in total. The molecule has 3 heterocycles. The third-order valence-corrected chi connectivity index (χ3v) is 4.11. The van der Waals surface area contributed by atoms with Crippen LogP contribution >= 0.6 is 11.6 Å². The summed E-state index contributed by atoms with van der Waals surface area (Å²) < 4.78 is 0. The lowest BCUT2D eigenvalue weighted by atomic mass is 10.1. The lowest BCUT2D eigenvalue weighted by Gasteiger charge is -2.33. The van der Waals surface area contributed by atoms with Crippen LogP contribution in [-0.4, -0.2) is 57.2 Å². The standard InChI is InChI=1S/C15H14ClN5O4/c16-13-7-10(1-2-17-13)12-8-11(21(24)25)9-14(18-12)19-3-5-20(6-4-19)15(22)23/h1-2,7-9H,3-6H2,(H,22,23). The summed E-state index contributed by atoms with van der Waals surface area (Å²) in [6, 6.07) is 6.02. The molecule has 130 valence electrons.